The molecule has 0 saturated carbocycles. The van der Waals surface area contributed by atoms with E-state index >= 15 is 0 Å². The molecule has 0 aromatic carbocycles. The molecule has 1 spiro atoms. The van der Waals surface area contributed by atoms with E-state index in [9.17, 15) is 9.90 Å². The minimum atomic E-state index is -0.822. The van der Waals surface area contributed by atoms with Crippen molar-refractivity contribution < 1.29 is 14.6 Å². The summed E-state index contributed by atoms with van der Waals surface area (Å²) in [6.07, 6.45) is 5.86. The molecule has 3 aliphatic rings. The third kappa shape index (κ3) is 3.94. The lowest BCUT2D eigenvalue weighted by Gasteiger charge is -2.45. The minimum Gasteiger partial charge on any atom is -0.389 e. The van der Waals surface area contributed by atoms with E-state index in [0.29, 0.717) is 12.8 Å². The van der Waals surface area contributed by atoms with Gasteiger partial charge < -0.3 is 14.7 Å². The number of hydrogen-bond donors (Lipinski definition) is 1. The molecule has 3 heterocycles. The maximum absolute atomic E-state index is 12.7. The summed E-state index contributed by atoms with van der Waals surface area (Å²) in [7, 11) is 0. The summed E-state index contributed by atoms with van der Waals surface area (Å²) in [6, 6.07) is 0. The highest BCUT2D eigenvalue weighted by Crippen LogP contribution is 2.36. The first kappa shape index (κ1) is 18.2. The van der Waals surface area contributed by atoms with Crippen molar-refractivity contribution in [3.05, 3.63) is 0 Å². The molecule has 5 heteroatoms. The summed E-state index contributed by atoms with van der Waals surface area (Å²) in [5.41, 5.74) is -0.642. The lowest BCUT2D eigenvalue weighted by molar-refractivity contribution is -0.143. The van der Waals surface area contributed by atoms with Crippen molar-refractivity contribution in [3.8, 4) is 0 Å². The molecule has 5 nitrogen and oxygen atoms in total. The zero-order valence-electron chi connectivity index (χ0n) is 15.6. The molecule has 138 valence electrons. The van der Waals surface area contributed by atoms with E-state index in [0.717, 1.165) is 58.5 Å². The SMILES string of the molecule is CC(C)(C)N1CCC(O)(CC(=O)N2CCC3(CCCO3)CC2)CC1. The fourth-order valence-electron chi connectivity index (χ4n) is 4.48. The maximum atomic E-state index is 12.7. The van der Waals surface area contributed by atoms with Crippen LogP contribution in [0.4, 0.5) is 0 Å². The van der Waals surface area contributed by atoms with E-state index in [4.69, 9.17) is 4.74 Å². The first-order chi connectivity index (χ1) is 11.2. The van der Waals surface area contributed by atoms with Crippen LogP contribution in [0.1, 0.15) is 65.7 Å². The Morgan fingerprint density at radius 2 is 1.67 bits per heavy atom. The van der Waals surface area contributed by atoms with Crippen molar-refractivity contribution in [2.45, 2.75) is 82.5 Å². The first-order valence-electron chi connectivity index (χ1n) is 9.61. The molecule has 0 atom stereocenters. The molecule has 3 saturated heterocycles. The molecule has 1 amide bonds. The lowest BCUT2D eigenvalue weighted by Crippen LogP contribution is -2.53. The third-order valence-electron chi connectivity index (χ3n) is 6.34. The van der Waals surface area contributed by atoms with Gasteiger partial charge in [-0.15, -0.1) is 0 Å². The Morgan fingerprint density at radius 3 is 2.17 bits per heavy atom. The average molecular weight is 338 g/mol. The van der Waals surface area contributed by atoms with Crippen molar-refractivity contribution >= 4 is 5.91 Å². The minimum absolute atomic E-state index is 0.0474. The summed E-state index contributed by atoms with van der Waals surface area (Å²) in [4.78, 5) is 17.0. The number of likely N-dealkylation sites (tertiary alicyclic amines) is 2. The Kier molecular flexibility index (Phi) is 4.98. The second-order valence-corrected chi connectivity index (χ2v) is 9.07. The van der Waals surface area contributed by atoms with Gasteiger partial charge in [-0.1, -0.05) is 0 Å². The summed E-state index contributed by atoms with van der Waals surface area (Å²) >= 11 is 0. The van der Waals surface area contributed by atoms with E-state index in [-0.39, 0.29) is 23.5 Å². The molecular formula is C19H34N2O3. The van der Waals surface area contributed by atoms with Crippen LogP contribution in [0.2, 0.25) is 0 Å². The van der Waals surface area contributed by atoms with Gasteiger partial charge in [0.15, 0.2) is 0 Å². The number of piperidine rings is 2. The van der Waals surface area contributed by atoms with E-state index in [1.54, 1.807) is 0 Å². The number of hydrogen-bond acceptors (Lipinski definition) is 4. The Hall–Kier alpha value is -0.650. The largest absolute Gasteiger partial charge is 0.389 e. The number of rotatable bonds is 2. The van der Waals surface area contributed by atoms with Gasteiger partial charge in [0.25, 0.3) is 0 Å². The van der Waals surface area contributed by atoms with Gasteiger partial charge >= 0.3 is 0 Å². The highest BCUT2D eigenvalue weighted by molar-refractivity contribution is 5.77. The van der Waals surface area contributed by atoms with Gasteiger partial charge in [0.05, 0.1) is 17.6 Å². The van der Waals surface area contributed by atoms with Gasteiger partial charge in [-0.3, -0.25) is 9.69 Å². The lowest BCUT2D eigenvalue weighted by atomic mass is 9.84. The monoisotopic (exact) mass is 338 g/mol. The smallest absolute Gasteiger partial charge is 0.225 e. The number of aliphatic hydroxyl groups is 1. The van der Waals surface area contributed by atoms with Gasteiger partial charge in [0.2, 0.25) is 5.91 Å². The fourth-order valence-corrected chi connectivity index (χ4v) is 4.48. The zero-order chi connectivity index (χ0) is 17.4. The van der Waals surface area contributed by atoms with Crippen LogP contribution < -0.4 is 0 Å². The normalized spacial score (nSPS) is 27.6. The molecule has 1 N–H and O–H groups in total. The second-order valence-electron chi connectivity index (χ2n) is 9.07. The van der Waals surface area contributed by atoms with E-state index in [2.05, 4.69) is 25.7 Å². The highest BCUT2D eigenvalue weighted by Gasteiger charge is 2.42. The molecule has 0 bridgehead atoms. The number of amides is 1. The Morgan fingerprint density at radius 1 is 1.04 bits per heavy atom. The van der Waals surface area contributed by atoms with Crippen LogP contribution in [0.25, 0.3) is 0 Å². The van der Waals surface area contributed by atoms with Gasteiger partial charge in [-0.25, -0.2) is 0 Å². The average Bonchev–Trinajstić information content (AvgIpc) is 2.95. The maximum Gasteiger partial charge on any atom is 0.225 e. The molecule has 3 fully saturated rings. The van der Waals surface area contributed by atoms with Gasteiger partial charge in [-0.2, -0.15) is 0 Å². The Labute approximate surface area is 146 Å². The van der Waals surface area contributed by atoms with Crippen LogP contribution in [0.15, 0.2) is 0 Å². The molecule has 0 radical (unpaired) electrons. The Bertz CT molecular complexity index is 448. The van der Waals surface area contributed by atoms with Crippen LogP contribution in [-0.4, -0.2) is 70.3 Å². The van der Waals surface area contributed by atoms with E-state index in [1.807, 2.05) is 4.90 Å². The first-order valence-corrected chi connectivity index (χ1v) is 9.61. The van der Waals surface area contributed by atoms with Crippen LogP contribution in [0, 0.1) is 0 Å². The fraction of sp³-hybridized carbons (Fsp3) is 0.947. The molecule has 24 heavy (non-hydrogen) atoms. The third-order valence-corrected chi connectivity index (χ3v) is 6.34. The number of ether oxygens (including phenoxy) is 1. The summed E-state index contributed by atoms with van der Waals surface area (Å²) in [5, 5.41) is 10.9. The van der Waals surface area contributed by atoms with Crippen molar-refractivity contribution in [1.29, 1.82) is 0 Å². The standard InChI is InChI=1S/C19H34N2O3/c1-17(2,3)21-12-6-18(23,7-13-21)15-16(22)20-10-8-19(9-11-20)5-4-14-24-19/h23H,4-15H2,1-3H3. The summed E-state index contributed by atoms with van der Waals surface area (Å²) in [5.74, 6) is 0.120. The zero-order valence-corrected chi connectivity index (χ0v) is 15.6. The molecular weight excluding hydrogens is 304 g/mol. The molecule has 0 aromatic heterocycles. The van der Waals surface area contributed by atoms with Crippen molar-refractivity contribution in [3.63, 3.8) is 0 Å². The molecule has 0 aliphatic carbocycles. The van der Waals surface area contributed by atoms with Crippen LogP contribution in [0.3, 0.4) is 0 Å². The molecule has 0 unspecified atom stereocenters. The van der Waals surface area contributed by atoms with Crippen LogP contribution in [-0.2, 0) is 9.53 Å². The van der Waals surface area contributed by atoms with Crippen molar-refractivity contribution in [2.75, 3.05) is 32.8 Å². The van der Waals surface area contributed by atoms with Crippen LogP contribution >= 0.6 is 0 Å². The molecule has 3 aliphatic heterocycles. The number of carbonyl (C=O) groups excluding carboxylic acids is 1. The molecule has 0 aromatic rings. The van der Waals surface area contributed by atoms with Crippen molar-refractivity contribution in [2.24, 2.45) is 0 Å². The Balaban J connectivity index is 1.48. The van der Waals surface area contributed by atoms with Crippen molar-refractivity contribution in [1.82, 2.24) is 9.80 Å². The summed E-state index contributed by atoms with van der Waals surface area (Å²) < 4.78 is 5.93. The quantitative estimate of drug-likeness (QED) is 0.838. The van der Waals surface area contributed by atoms with E-state index < -0.39 is 5.60 Å². The van der Waals surface area contributed by atoms with Crippen LogP contribution in [0.5, 0.6) is 0 Å². The molecule has 3 rings (SSSR count). The van der Waals surface area contributed by atoms with Gasteiger partial charge in [0, 0.05) is 38.3 Å². The van der Waals surface area contributed by atoms with E-state index in [1.165, 1.54) is 0 Å². The van der Waals surface area contributed by atoms with Gasteiger partial charge in [-0.05, 0) is 59.3 Å². The van der Waals surface area contributed by atoms with Gasteiger partial charge in [0.1, 0.15) is 0 Å². The second kappa shape index (κ2) is 6.58. The predicted octanol–water partition coefficient (Wildman–Crippen LogP) is 2.17. The highest BCUT2D eigenvalue weighted by atomic mass is 16.5. The number of nitrogens with zero attached hydrogens (tertiary/aromatic N) is 2. The topological polar surface area (TPSA) is 53.0 Å². The number of carbonyl (C=O) groups is 1. The predicted molar refractivity (Wildman–Crippen MR) is 93.9 cm³/mol. The summed E-state index contributed by atoms with van der Waals surface area (Å²) in [6.45, 7) is 10.8.